The number of anilines is 2. The Morgan fingerprint density at radius 1 is 1.15 bits per heavy atom. The van der Waals surface area contributed by atoms with Gasteiger partial charge in [-0.3, -0.25) is 4.90 Å². The van der Waals surface area contributed by atoms with Crippen LogP contribution in [0.4, 0.5) is 11.6 Å². The van der Waals surface area contributed by atoms with Gasteiger partial charge < -0.3 is 10.7 Å². The lowest BCUT2D eigenvalue weighted by Gasteiger charge is -2.30. The van der Waals surface area contributed by atoms with Crippen molar-refractivity contribution in [3.8, 4) is 0 Å². The SMILES string of the molecule is CCc1c(NN)ncnc1NCCN(C(C)C)C(C)C. The standard InChI is InChI=1S/C14H28N6/c1-6-12-13(17-9-18-14(12)19-15)16-7-8-20(10(2)3)11(4)5/h9-11H,6-8,15H2,1-5H3,(H2,16,17,18,19). The number of rotatable bonds is 8. The second kappa shape index (κ2) is 8.01. The van der Waals surface area contributed by atoms with E-state index >= 15 is 0 Å². The van der Waals surface area contributed by atoms with Gasteiger partial charge in [-0.2, -0.15) is 0 Å². The zero-order valence-electron chi connectivity index (χ0n) is 13.3. The fourth-order valence-electron chi connectivity index (χ4n) is 2.44. The number of nitrogens with two attached hydrogens (primary N) is 1. The molecule has 0 amide bonds. The molecule has 0 aliphatic carbocycles. The smallest absolute Gasteiger partial charge is 0.148 e. The highest BCUT2D eigenvalue weighted by molar-refractivity contribution is 5.56. The zero-order valence-corrected chi connectivity index (χ0v) is 13.3. The Balaban J connectivity index is 2.66. The molecule has 1 heterocycles. The summed E-state index contributed by atoms with van der Waals surface area (Å²) in [6.45, 7) is 12.8. The van der Waals surface area contributed by atoms with Crippen molar-refractivity contribution < 1.29 is 0 Å². The summed E-state index contributed by atoms with van der Waals surface area (Å²) < 4.78 is 0. The molecular formula is C14H28N6. The molecule has 0 aromatic carbocycles. The lowest BCUT2D eigenvalue weighted by molar-refractivity contribution is 0.182. The molecule has 1 aromatic heterocycles. The van der Waals surface area contributed by atoms with Gasteiger partial charge in [0.25, 0.3) is 0 Å². The predicted octanol–water partition coefficient (Wildman–Crippen LogP) is 1.86. The number of hydrogen-bond donors (Lipinski definition) is 3. The third-order valence-corrected chi connectivity index (χ3v) is 3.42. The van der Waals surface area contributed by atoms with Gasteiger partial charge >= 0.3 is 0 Å². The monoisotopic (exact) mass is 280 g/mol. The van der Waals surface area contributed by atoms with E-state index in [1.807, 2.05) is 0 Å². The summed E-state index contributed by atoms with van der Waals surface area (Å²) in [7, 11) is 0. The third kappa shape index (κ3) is 4.31. The summed E-state index contributed by atoms with van der Waals surface area (Å²) >= 11 is 0. The maximum absolute atomic E-state index is 5.48. The molecule has 0 aliphatic rings. The normalized spacial score (nSPS) is 11.4. The molecule has 6 heteroatoms. The first-order valence-corrected chi connectivity index (χ1v) is 7.31. The van der Waals surface area contributed by atoms with Gasteiger partial charge in [-0.1, -0.05) is 6.92 Å². The van der Waals surface area contributed by atoms with Crippen molar-refractivity contribution in [1.82, 2.24) is 14.9 Å². The molecule has 6 nitrogen and oxygen atoms in total. The van der Waals surface area contributed by atoms with Gasteiger partial charge in [0.2, 0.25) is 0 Å². The molecule has 1 rings (SSSR count). The fraction of sp³-hybridized carbons (Fsp3) is 0.714. The van der Waals surface area contributed by atoms with Crippen molar-refractivity contribution >= 4 is 11.6 Å². The van der Waals surface area contributed by atoms with Gasteiger partial charge in [0.05, 0.1) is 0 Å². The van der Waals surface area contributed by atoms with E-state index in [0.29, 0.717) is 17.9 Å². The van der Waals surface area contributed by atoms with Crippen LogP contribution in [0.3, 0.4) is 0 Å². The van der Waals surface area contributed by atoms with Crippen LogP contribution in [0.1, 0.15) is 40.2 Å². The molecule has 1 aromatic rings. The maximum Gasteiger partial charge on any atom is 0.148 e. The third-order valence-electron chi connectivity index (χ3n) is 3.42. The van der Waals surface area contributed by atoms with Crippen LogP contribution in [0.15, 0.2) is 6.33 Å². The number of nitrogens with one attached hydrogen (secondary N) is 2. The van der Waals surface area contributed by atoms with E-state index in [4.69, 9.17) is 5.84 Å². The molecule has 4 N–H and O–H groups in total. The quantitative estimate of drug-likeness (QED) is 0.498. The van der Waals surface area contributed by atoms with Crippen molar-refractivity contribution in [3.63, 3.8) is 0 Å². The molecule has 0 bridgehead atoms. The first-order valence-electron chi connectivity index (χ1n) is 7.31. The summed E-state index contributed by atoms with van der Waals surface area (Å²) in [5.74, 6) is 7.03. The molecule has 0 atom stereocenters. The molecule has 0 unspecified atom stereocenters. The molecule has 0 aliphatic heterocycles. The second-order valence-electron chi connectivity index (χ2n) is 5.40. The van der Waals surface area contributed by atoms with Crippen LogP contribution in [0.25, 0.3) is 0 Å². The number of hydrogen-bond acceptors (Lipinski definition) is 6. The number of nitrogens with zero attached hydrogens (tertiary/aromatic N) is 3. The van der Waals surface area contributed by atoms with Gasteiger partial charge in [-0.15, -0.1) is 0 Å². The molecule has 0 radical (unpaired) electrons. The van der Waals surface area contributed by atoms with E-state index in [9.17, 15) is 0 Å². The van der Waals surface area contributed by atoms with Gasteiger partial charge in [-0.25, -0.2) is 15.8 Å². The van der Waals surface area contributed by atoms with E-state index in [1.165, 1.54) is 6.33 Å². The van der Waals surface area contributed by atoms with E-state index < -0.39 is 0 Å². The van der Waals surface area contributed by atoms with Crippen LogP contribution in [0, 0.1) is 0 Å². The summed E-state index contributed by atoms with van der Waals surface area (Å²) in [4.78, 5) is 10.9. The molecule has 0 saturated carbocycles. The Morgan fingerprint density at radius 3 is 2.25 bits per heavy atom. The van der Waals surface area contributed by atoms with Crippen LogP contribution in [0.5, 0.6) is 0 Å². The highest BCUT2D eigenvalue weighted by Gasteiger charge is 2.13. The van der Waals surface area contributed by atoms with Crippen LogP contribution in [-0.4, -0.2) is 40.0 Å². The minimum atomic E-state index is 0.536. The first-order chi connectivity index (χ1) is 9.51. The molecular weight excluding hydrogens is 252 g/mol. The zero-order chi connectivity index (χ0) is 15.1. The van der Waals surface area contributed by atoms with Crippen molar-refractivity contribution in [3.05, 3.63) is 11.9 Å². The number of aromatic nitrogens is 2. The van der Waals surface area contributed by atoms with Crippen LogP contribution >= 0.6 is 0 Å². The Kier molecular flexibility index (Phi) is 6.67. The maximum atomic E-state index is 5.48. The number of nitrogen functional groups attached to an aromatic ring is 1. The van der Waals surface area contributed by atoms with Gasteiger partial charge in [0, 0.05) is 30.7 Å². The molecule has 114 valence electrons. The van der Waals surface area contributed by atoms with Crippen LogP contribution in [-0.2, 0) is 6.42 Å². The van der Waals surface area contributed by atoms with Crippen molar-refractivity contribution in [2.24, 2.45) is 5.84 Å². The Morgan fingerprint density at radius 2 is 1.75 bits per heavy atom. The van der Waals surface area contributed by atoms with Gasteiger partial charge in [0.1, 0.15) is 18.0 Å². The molecule has 20 heavy (non-hydrogen) atoms. The van der Waals surface area contributed by atoms with Gasteiger partial charge in [-0.05, 0) is 34.1 Å². The average molecular weight is 280 g/mol. The predicted molar refractivity (Wildman–Crippen MR) is 84.7 cm³/mol. The summed E-state index contributed by atoms with van der Waals surface area (Å²) in [5.41, 5.74) is 3.64. The Bertz CT molecular complexity index is 397. The largest absolute Gasteiger partial charge is 0.368 e. The van der Waals surface area contributed by atoms with Crippen molar-refractivity contribution in [2.75, 3.05) is 23.8 Å². The Hall–Kier alpha value is -1.40. The summed E-state index contributed by atoms with van der Waals surface area (Å²) in [6.07, 6.45) is 2.36. The molecule has 0 saturated heterocycles. The highest BCUT2D eigenvalue weighted by Crippen LogP contribution is 2.19. The van der Waals surface area contributed by atoms with Gasteiger partial charge in [0.15, 0.2) is 0 Å². The van der Waals surface area contributed by atoms with Crippen molar-refractivity contribution in [2.45, 2.75) is 53.1 Å². The van der Waals surface area contributed by atoms with Crippen LogP contribution < -0.4 is 16.6 Å². The fourth-order valence-corrected chi connectivity index (χ4v) is 2.44. The minimum Gasteiger partial charge on any atom is -0.368 e. The lowest BCUT2D eigenvalue weighted by atomic mass is 10.2. The van der Waals surface area contributed by atoms with Crippen molar-refractivity contribution in [1.29, 1.82) is 0 Å². The van der Waals surface area contributed by atoms with E-state index in [0.717, 1.165) is 30.9 Å². The summed E-state index contributed by atoms with van der Waals surface area (Å²) in [6, 6.07) is 1.07. The van der Waals surface area contributed by atoms with E-state index in [2.05, 4.69) is 60.2 Å². The minimum absolute atomic E-state index is 0.536. The summed E-state index contributed by atoms with van der Waals surface area (Å²) in [5, 5.41) is 3.39. The molecule has 0 fully saturated rings. The second-order valence-corrected chi connectivity index (χ2v) is 5.40. The average Bonchev–Trinajstić information content (AvgIpc) is 2.42. The van der Waals surface area contributed by atoms with Crippen LogP contribution in [0.2, 0.25) is 0 Å². The Labute approximate surface area is 122 Å². The van der Waals surface area contributed by atoms with E-state index in [1.54, 1.807) is 0 Å². The number of hydrazine groups is 1. The molecule has 0 spiro atoms. The lowest BCUT2D eigenvalue weighted by Crippen LogP contribution is -2.40. The topological polar surface area (TPSA) is 79.1 Å². The highest BCUT2D eigenvalue weighted by atomic mass is 15.3. The first kappa shape index (κ1) is 16.7. The van der Waals surface area contributed by atoms with E-state index in [-0.39, 0.29) is 0 Å².